The standard InChI is InChI=1S/C22H13F8NO4S/c23-16-17(24)19(26)21(20(27)18(16)25)35-36(32,33)10-2-4-13-11(5-6-34-15(13)8-10)12-3-1-9(7-14(12)31)22(28,29)30/h1-4,7-8,11H,5-6,31H2. The number of benzene rings is 3. The van der Waals surface area contributed by atoms with E-state index in [1.54, 1.807) is 0 Å². The average molecular weight is 539 g/mol. The Bertz CT molecular complexity index is 1440. The van der Waals surface area contributed by atoms with Gasteiger partial charge in [0.25, 0.3) is 0 Å². The van der Waals surface area contributed by atoms with Crippen LogP contribution in [0.4, 0.5) is 40.8 Å². The molecule has 2 N–H and O–H groups in total. The quantitative estimate of drug-likeness (QED) is 0.152. The van der Waals surface area contributed by atoms with E-state index in [0.29, 0.717) is 11.1 Å². The number of rotatable bonds is 4. The van der Waals surface area contributed by atoms with E-state index in [-0.39, 0.29) is 24.5 Å². The lowest BCUT2D eigenvalue weighted by atomic mass is 9.85. The van der Waals surface area contributed by atoms with Crippen LogP contribution in [0.2, 0.25) is 0 Å². The Labute approximate surface area is 198 Å². The van der Waals surface area contributed by atoms with E-state index in [0.717, 1.165) is 24.3 Å². The Balaban J connectivity index is 1.70. The van der Waals surface area contributed by atoms with Crippen LogP contribution >= 0.6 is 0 Å². The molecule has 1 aliphatic heterocycles. The summed E-state index contributed by atoms with van der Waals surface area (Å²) in [5, 5.41) is 0. The van der Waals surface area contributed by atoms with Gasteiger partial charge in [0.1, 0.15) is 10.6 Å². The maximum Gasteiger partial charge on any atom is 0.416 e. The van der Waals surface area contributed by atoms with E-state index in [1.165, 1.54) is 12.1 Å². The summed E-state index contributed by atoms with van der Waals surface area (Å²) in [6.45, 7) is 0.000127. The van der Waals surface area contributed by atoms with Crippen molar-refractivity contribution in [1.82, 2.24) is 0 Å². The second kappa shape index (κ2) is 8.84. The maximum absolute atomic E-state index is 13.9. The molecule has 0 saturated heterocycles. The highest BCUT2D eigenvalue weighted by molar-refractivity contribution is 7.87. The summed E-state index contributed by atoms with van der Waals surface area (Å²) in [7, 11) is -5.12. The summed E-state index contributed by atoms with van der Waals surface area (Å²) in [5.74, 6) is -14.9. The minimum absolute atomic E-state index is 0.000127. The summed E-state index contributed by atoms with van der Waals surface area (Å²) in [4.78, 5) is -0.744. The van der Waals surface area contributed by atoms with Gasteiger partial charge in [0.2, 0.25) is 34.8 Å². The highest BCUT2D eigenvalue weighted by Gasteiger charge is 2.34. The SMILES string of the molecule is Nc1cc(C(F)(F)F)ccc1C1CCOc2cc(S(=O)(=O)Oc3c(F)c(F)c(F)c(F)c3F)ccc21. The number of nitrogens with two attached hydrogens (primary N) is 1. The zero-order valence-electron chi connectivity index (χ0n) is 17.6. The van der Waals surface area contributed by atoms with Gasteiger partial charge in [0, 0.05) is 23.2 Å². The first-order valence-electron chi connectivity index (χ1n) is 9.91. The first-order chi connectivity index (χ1) is 16.7. The average Bonchev–Trinajstić information content (AvgIpc) is 2.83. The highest BCUT2D eigenvalue weighted by Crippen LogP contribution is 2.43. The van der Waals surface area contributed by atoms with Crippen molar-refractivity contribution >= 4 is 15.8 Å². The molecule has 3 aromatic rings. The number of halogens is 8. The fourth-order valence-corrected chi connectivity index (χ4v) is 4.68. The van der Waals surface area contributed by atoms with Gasteiger partial charge in [0.15, 0.2) is 0 Å². The van der Waals surface area contributed by atoms with Gasteiger partial charge in [-0.2, -0.15) is 30.4 Å². The lowest BCUT2D eigenvalue weighted by Gasteiger charge is -2.28. The second-order valence-electron chi connectivity index (χ2n) is 7.67. The summed E-state index contributed by atoms with van der Waals surface area (Å²) in [6, 6.07) is 5.82. The third kappa shape index (κ3) is 4.40. The van der Waals surface area contributed by atoms with Crippen molar-refractivity contribution in [2.24, 2.45) is 0 Å². The summed E-state index contributed by atoms with van der Waals surface area (Å²) >= 11 is 0. The van der Waals surface area contributed by atoms with Crippen molar-refractivity contribution in [3.8, 4) is 11.5 Å². The maximum atomic E-state index is 13.9. The molecule has 0 radical (unpaired) electrons. The fourth-order valence-electron chi connectivity index (χ4n) is 3.73. The van der Waals surface area contributed by atoms with Crippen molar-refractivity contribution in [3.05, 3.63) is 82.2 Å². The molecule has 0 amide bonds. The molecule has 0 aliphatic carbocycles. The van der Waals surface area contributed by atoms with Gasteiger partial charge in [-0.15, -0.1) is 0 Å². The van der Waals surface area contributed by atoms with Gasteiger partial charge in [-0.1, -0.05) is 12.1 Å². The number of anilines is 1. The summed E-state index contributed by atoms with van der Waals surface area (Å²) < 4.78 is 141. The third-order valence-electron chi connectivity index (χ3n) is 5.47. The van der Waals surface area contributed by atoms with Crippen molar-refractivity contribution in [2.75, 3.05) is 12.3 Å². The molecule has 1 heterocycles. The topological polar surface area (TPSA) is 78.6 Å². The van der Waals surface area contributed by atoms with Gasteiger partial charge < -0.3 is 14.7 Å². The first-order valence-corrected chi connectivity index (χ1v) is 11.3. The van der Waals surface area contributed by atoms with Crippen molar-refractivity contribution in [3.63, 3.8) is 0 Å². The molecule has 0 bridgehead atoms. The minimum atomic E-state index is -5.12. The molecular formula is C22H13F8NO4S. The van der Waals surface area contributed by atoms with E-state index in [9.17, 15) is 43.5 Å². The molecule has 3 aromatic carbocycles. The molecular weight excluding hydrogens is 526 g/mol. The molecule has 0 fully saturated rings. The van der Waals surface area contributed by atoms with E-state index in [4.69, 9.17) is 10.5 Å². The molecule has 1 unspecified atom stereocenters. The van der Waals surface area contributed by atoms with Crippen molar-refractivity contribution < 1.29 is 52.5 Å². The van der Waals surface area contributed by atoms with Crippen LogP contribution in [0.3, 0.4) is 0 Å². The normalized spacial score (nSPS) is 15.8. The molecule has 1 atom stereocenters. The molecule has 0 aromatic heterocycles. The number of alkyl halides is 3. The second-order valence-corrected chi connectivity index (χ2v) is 9.21. The Morgan fingerprint density at radius 3 is 2.03 bits per heavy atom. The Morgan fingerprint density at radius 2 is 1.44 bits per heavy atom. The molecule has 0 spiro atoms. The van der Waals surface area contributed by atoms with Crippen LogP contribution in [0.15, 0.2) is 41.3 Å². The van der Waals surface area contributed by atoms with Gasteiger partial charge in [-0.05, 0) is 30.2 Å². The van der Waals surface area contributed by atoms with Crippen LogP contribution in [0.25, 0.3) is 0 Å². The van der Waals surface area contributed by atoms with Crippen LogP contribution < -0.4 is 14.7 Å². The zero-order chi connectivity index (χ0) is 26.6. The molecule has 5 nitrogen and oxygen atoms in total. The third-order valence-corrected chi connectivity index (χ3v) is 6.68. The number of ether oxygens (including phenoxy) is 1. The van der Waals surface area contributed by atoms with Crippen LogP contribution in [0.1, 0.15) is 29.0 Å². The predicted molar refractivity (Wildman–Crippen MR) is 108 cm³/mol. The number of hydrogen-bond acceptors (Lipinski definition) is 5. The number of nitrogen functional groups attached to an aromatic ring is 1. The molecule has 4 rings (SSSR count). The summed E-state index contributed by atoms with van der Waals surface area (Å²) in [5.41, 5.74) is 5.38. The molecule has 0 saturated carbocycles. The van der Waals surface area contributed by atoms with E-state index in [2.05, 4.69) is 4.18 Å². The summed E-state index contributed by atoms with van der Waals surface area (Å²) in [6.07, 6.45) is -4.34. The van der Waals surface area contributed by atoms with Gasteiger partial charge >= 0.3 is 16.3 Å². The smallest absolute Gasteiger partial charge is 0.416 e. The lowest BCUT2D eigenvalue weighted by Crippen LogP contribution is -2.19. The van der Waals surface area contributed by atoms with E-state index in [1.807, 2.05) is 0 Å². The largest absolute Gasteiger partial charge is 0.493 e. The molecule has 192 valence electrons. The molecule has 1 aliphatic rings. The molecule has 36 heavy (non-hydrogen) atoms. The van der Waals surface area contributed by atoms with Gasteiger partial charge in [0.05, 0.1) is 12.2 Å². The molecule has 14 heteroatoms. The Hall–Kier alpha value is -3.55. The predicted octanol–water partition coefficient (Wildman–Crippen LogP) is 5.67. The van der Waals surface area contributed by atoms with E-state index < -0.39 is 67.5 Å². The fraction of sp³-hybridized carbons (Fsp3) is 0.182. The van der Waals surface area contributed by atoms with Crippen molar-refractivity contribution in [2.45, 2.75) is 23.4 Å². The van der Waals surface area contributed by atoms with Crippen LogP contribution in [-0.4, -0.2) is 15.0 Å². The number of hydrogen-bond donors (Lipinski definition) is 1. The van der Waals surface area contributed by atoms with Crippen molar-refractivity contribution in [1.29, 1.82) is 0 Å². The zero-order valence-corrected chi connectivity index (χ0v) is 18.4. The van der Waals surface area contributed by atoms with Crippen LogP contribution in [0, 0.1) is 29.1 Å². The van der Waals surface area contributed by atoms with Gasteiger partial charge in [-0.25, -0.2) is 13.2 Å². The first kappa shape index (κ1) is 25.5. The van der Waals surface area contributed by atoms with Crippen LogP contribution in [0.5, 0.6) is 11.5 Å². The Morgan fingerprint density at radius 1 is 0.861 bits per heavy atom. The van der Waals surface area contributed by atoms with Crippen LogP contribution in [-0.2, 0) is 16.3 Å². The lowest BCUT2D eigenvalue weighted by molar-refractivity contribution is -0.137. The number of fused-ring (bicyclic) bond motifs is 1. The minimum Gasteiger partial charge on any atom is -0.493 e. The Kier molecular flexibility index (Phi) is 6.27. The monoisotopic (exact) mass is 539 g/mol. The highest BCUT2D eigenvalue weighted by atomic mass is 32.2. The van der Waals surface area contributed by atoms with Gasteiger partial charge in [-0.3, -0.25) is 0 Å². The van der Waals surface area contributed by atoms with E-state index >= 15 is 0 Å².